The molecule has 1 aliphatic carbocycles. The van der Waals surface area contributed by atoms with Gasteiger partial charge in [-0.1, -0.05) is 20.8 Å². The molecular weight excluding hydrogens is 302 g/mol. The summed E-state index contributed by atoms with van der Waals surface area (Å²) in [6.45, 7) is 6.16. The van der Waals surface area contributed by atoms with Crippen molar-refractivity contribution < 1.29 is 13.2 Å². The highest BCUT2D eigenvalue weighted by molar-refractivity contribution is 7.91. The van der Waals surface area contributed by atoms with Gasteiger partial charge < -0.3 is 5.32 Å². The molecule has 0 spiro atoms. The van der Waals surface area contributed by atoms with Gasteiger partial charge in [0.2, 0.25) is 5.91 Å². The van der Waals surface area contributed by atoms with Gasteiger partial charge in [0.1, 0.15) is 5.82 Å². The van der Waals surface area contributed by atoms with Crippen molar-refractivity contribution in [1.82, 2.24) is 9.78 Å². The molecule has 0 unspecified atom stereocenters. The number of rotatable bonds is 3. The van der Waals surface area contributed by atoms with Gasteiger partial charge in [0.25, 0.3) is 0 Å². The van der Waals surface area contributed by atoms with Crippen molar-refractivity contribution in [1.29, 1.82) is 0 Å². The maximum absolute atomic E-state index is 12.1. The lowest BCUT2D eigenvalue weighted by atomic mass is 9.92. The van der Waals surface area contributed by atoms with Crippen molar-refractivity contribution in [3.05, 3.63) is 11.8 Å². The first kappa shape index (κ1) is 15.5. The number of anilines is 1. The number of hydrogen-bond donors (Lipinski definition) is 1. The average Bonchev–Trinajstić information content (AvgIpc) is 3.06. The summed E-state index contributed by atoms with van der Waals surface area (Å²) in [5, 5.41) is 7.54. The van der Waals surface area contributed by atoms with E-state index in [1.807, 2.05) is 6.07 Å². The molecule has 1 saturated heterocycles. The van der Waals surface area contributed by atoms with E-state index in [1.165, 1.54) is 0 Å². The molecule has 6 nitrogen and oxygen atoms in total. The van der Waals surface area contributed by atoms with Gasteiger partial charge in [-0.3, -0.25) is 4.79 Å². The number of carbonyl (C=O) groups excluding carboxylic acids is 1. The van der Waals surface area contributed by atoms with Crippen LogP contribution in [0.25, 0.3) is 0 Å². The maximum atomic E-state index is 12.1. The Morgan fingerprint density at radius 2 is 2.00 bits per heavy atom. The normalized spacial score (nSPS) is 24.4. The average molecular weight is 325 g/mol. The Balaban J connectivity index is 1.92. The predicted molar refractivity (Wildman–Crippen MR) is 84.6 cm³/mol. The van der Waals surface area contributed by atoms with Gasteiger partial charge >= 0.3 is 0 Å². The molecule has 0 bridgehead atoms. The zero-order valence-electron chi connectivity index (χ0n) is 13.3. The number of sulfone groups is 1. The van der Waals surface area contributed by atoms with Crippen molar-refractivity contribution in [3.63, 3.8) is 0 Å². The van der Waals surface area contributed by atoms with Crippen molar-refractivity contribution in [2.45, 2.75) is 51.5 Å². The number of nitrogens with one attached hydrogen (secondary N) is 1. The van der Waals surface area contributed by atoms with E-state index >= 15 is 0 Å². The monoisotopic (exact) mass is 325 g/mol. The minimum absolute atomic E-state index is 0.0162. The molecule has 0 aromatic carbocycles. The lowest BCUT2D eigenvalue weighted by molar-refractivity contribution is -0.117. The molecule has 22 heavy (non-hydrogen) atoms. The summed E-state index contributed by atoms with van der Waals surface area (Å²) in [6, 6.07) is 1.70. The molecule has 1 saturated carbocycles. The van der Waals surface area contributed by atoms with E-state index in [9.17, 15) is 13.2 Å². The van der Waals surface area contributed by atoms with Gasteiger partial charge in [-0.15, -0.1) is 0 Å². The Labute approximate surface area is 131 Å². The molecule has 1 atom stereocenters. The van der Waals surface area contributed by atoms with E-state index in [4.69, 9.17) is 0 Å². The number of nitrogens with zero attached hydrogens (tertiary/aromatic N) is 2. The SMILES string of the molecule is CC(C)(C)c1cc(NC(=O)C2CC2)n([C@H]2CCS(=O)(=O)C2)n1. The largest absolute Gasteiger partial charge is 0.311 e. The van der Waals surface area contributed by atoms with Crippen molar-refractivity contribution >= 4 is 21.6 Å². The van der Waals surface area contributed by atoms with Gasteiger partial charge in [-0.2, -0.15) is 5.10 Å². The zero-order chi connectivity index (χ0) is 16.1. The van der Waals surface area contributed by atoms with Crippen LogP contribution in [0.1, 0.15) is 51.8 Å². The van der Waals surface area contributed by atoms with Crippen molar-refractivity contribution in [3.8, 4) is 0 Å². The number of amides is 1. The first-order chi connectivity index (χ1) is 10.2. The summed E-state index contributed by atoms with van der Waals surface area (Å²) in [6.07, 6.45) is 2.42. The summed E-state index contributed by atoms with van der Waals surface area (Å²) in [7, 11) is -2.99. The van der Waals surface area contributed by atoms with E-state index in [1.54, 1.807) is 4.68 Å². The summed E-state index contributed by atoms with van der Waals surface area (Å²) in [5.74, 6) is 1.04. The summed E-state index contributed by atoms with van der Waals surface area (Å²) in [4.78, 5) is 12.1. The van der Waals surface area contributed by atoms with Gasteiger partial charge in [0, 0.05) is 17.4 Å². The van der Waals surface area contributed by atoms with Gasteiger partial charge in [0.05, 0.1) is 23.2 Å². The quantitative estimate of drug-likeness (QED) is 0.920. The molecule has 1 amide bonds. The van der Waals surface area contributed by atoms with Crippen LogP contribution in [0.15, 0.2) is 6.07 Å². The lowest BCUT2D eigenvalue weighted by Gasteiger charge is -2.15. The second-order valence-electron chi connectivity index (χ2n) is 7.43. The van der Waals surface area contributed by atoms with Gasteiger partial charge in [0.15, 0.2) is 9.84 Å². The summed E-state index contributed by atoms with van der Waals surface area (Å²) < 4.78 is 25.2. The van der Waals surface area contributed by atoms with E-state index in [0.717, 1.165) is 18.5 Å². The highest BCUT2D eigenvalue weighted by Gasteiger charge is 2.34. The molecular formula is C15H23N3O3S. The lowest BCUT2D eigenvalue weighted by Crippen LogP contribution is -2.20. The van der Waals surface area contributed by atoms with Crippen LogP contribution in [0.5, 0.6) is 0 Å². The molecule has 7 heteroatoms. The Bertz CT molecular complexity index is 696. The molecule has 1 aromatic rings. The minimum atomic E-state index is -2.99. The van der Waals surface area contributed by atoms with Crippen LogP contribution in [-0.4, -0.2) is 35.6 Å². The van der Waals surface area contributed by atoms with Crippen LogP contribution in [0, 0.1) is 5.92 Å². The summed E-state index contributed by atoms with van der Waals surface area (Å²) >= 11 is 0. The molecule has 1 aliphatic heterocycles. The third-order valence-corrected chi connectivity index (χ3v) is 6.01. The Hall–Kier alpha value is -1.37. The molecule has 3 rings (SSSR count). The molecule has 0 radical (unpaired) electrons. The van der Waals surface area contributed by atoms with Gasteiger partial charge in [-0.05, 0) is 19.3 Å². The van der Waals surface area contributed by atoms with E-state index in [2.05, 4.69) is 31.2 Å². The van der Waals surface area contributed by atoms with Crippen LogP contribution >= 0.6 is 0 Å². The fourth-order valence-corrected chi connectivity index (χ4v) is 4.37. The van der Waals surface area contributed by atoms with Crippen LogP contribution in [0.4, 0.5) is 5.82 Å². The topological polar surface area (TPSA) is 81.1 Å². The number of carbonyl (C=O) groups is 1. The number of hydrogen-bond acceptors (Lipinski definition) is 4. The molecule has 1 aromatic heterocycles. The summed E-state index contributed by atoms with van der Waals surface area (Å²) in [5.41, 5.74) is 0.713. The molecule has 2 fully saturated rings. The van der Waals surface area contributed by atoms with Crippen molar-refractivity contribution in [2.24, 2.45) is 5.92 Å². The first-order valence-electron chi connectivity index (χ1n) is 7.77. The van der Waals surface area contributed by atoms with Gasteiger partial charge in [-0.25, -0.2) is 13.1 Å². The molecule has 122 valence electrons. The third-order valence-electron chi connectivity index (χ3n) is 4.26. The Morgan fingerprint density at radius 3 is 2.50 bits per heavy atom. The van der Waals surface area contributed by atoms with Crippen LogP contribution in [0.2, 0.25) is 0 Å². The number of aromatic nitrogens is 2. The zero-order valence-corrected chi connectivity index (χ0v) is 14.1. The molecule has 2 aliphatic rings. The van der Waals surface area contributed by atoms with Crippen molar-refractivity contribution in [2.75, 3.05) is 16.8 Å². The third kappa shape index (κ3) is 3.19. The maximum Gasteiger partial charge on any atom is 0.228 e. The van der Waals surface area contributed by atoms with Crippen LogP contribution in [0.3, 0.4) is 0 Å². The highest BCUT2D eigenvalue weighted by atomic mass is 32.2. The minimum Gasteiger partial charge on any atom is -0.311 e. The Kier molecular flexibility index (Phi) is 3.58. The molecule has 1 N–H and O–H groups in total. The fourth-order valence-electron chi connectivity index (χ4n) is 2.67. The first-order valence-corrected chi connectivity index (χ1v) is 9.59. The van der Waals surface area contributed by atoms with Crippen LogP contribution < -0.4 is 5.32 Å². The van der Waals surface area contributed by atoms with E-state index in [-0.39, 0.29) is 34.8 Å². The van der Waals surface area contributed by atoms with Crippen LogP contribution in [-0.2, 0) is 20.0 Å². The molecule has 2 heterocycles. The highest BCUT2D eigenvalue weighted by Crippen LogP contribution is 2.33. The second kappa shape index (κ2) is 5.08. The Morgan fingerprint density at radius 1 is 1.32 bits per heavy atom. The van der Waals surface area contributed by atoms with E-state index < -0.39 is 9.84 Å². The van der Waals surface area contributed by atoms with E-state index in [0.29, 0.717) is 12.2 Å². The smallest absolute Gasteiger partial charge is 0.228 e. The fraction of sp³-hybridized carbons (Fsp3) is 0.733. The predicted octanol–water partition coefficient (Wildman–Crippen LogP) is 1.89. The standard InChI is InChI=1S/C15H23N3O3S/c1-15(2,3)12-8-13(16-14(19)10-4-5-10)18(17-12)11-6-7-22(20,21)9-11/h8,10-11H,4-7,9H2,1-3H3,(H,16,19)/t11-/m0/s1. The second-order valence-corrected chi connectivity index (χ2v) is 9.66.